The largest absolute Gasteiger partial charge is 0.497 e. The minimum Gasteiger partial charge on any atom is -0.497 e. The van der Waals surface area contributed by atoms with Crippen LogP contribution in [0, 0.1) is 23.7 Å². The minimum atomic E-state index is 0.706. The average molecular weight is 371 g/mol. The Bertz CT molecular complexity index is 956. The molecule has 2 aromatic rings. The summed E-state index contributed by atoms with van der Waals surface area (Å²) < 4.78 is 11.5. The fourth-order valence-electron chi connectivity index (χ4n) is 6.20. The van der Waals surface area contributed by atoms with Crippen molar-refractivity contribution in [2.75, 3.05) is 7.11 Å². The summed E-state index contributed by atoms with van der Waals surface area (Å²) in [5, 5.41) is 0. The highest BCUT2D eigenvalue weighted by molar-refractivity contribution is 6.02. The SMILES string of the molecule is COc1ccc(C2=NC(=C3C4CC5CC(C4)CC3C5)c3ccccc3O2)cc1. The van der Waals surface area contributed by atoms with E-state index in [4.69, 9.17) is 14.5 Å². The van der Waals surface area contributed by atoms with Crippen LogP contribution in [0.2, 0.25) is 0 Å². The minimum absolute atomic E-state index is 0.706. The van der Waals surface area contributed by atoms with Gasteiger partial charge >= 0.3 is 0 Å². The molecule has 0 unspecified atom stereocenters. The second-order valence-corrected chi connectivity index (χ2v) is 8.85. The first-order chi connectivity index (χ1) is 13.8. The van der Waals surface area contributed by atoms with Crippen LogP contribution in [-0.2, 0) is 0 Å². The maximum Gasteiger partial charge on any atom is 0.227 e. The zero-order valence-corrected chi connectivity index (χ0v) is 16.2. The molecular weight excluding hydrogens is 346 g/mol. The van der Waals surface area contributed by atoms with E-state index >= 15 is 0 Å². The number of aliphatic imine (C=N–C) groups is 1. The predicted octanol–water partition coefficient (Wildman–Crippen LogP) is 5.70. The molecule has 2 aromatic carbocycles. The fraction of sp³-hybridized carbons (Fsp3) is 0.400. The van der Waals surface area contributed by atoms with Crippen LogP contribution in [0.25, 0.3) is 5.70 Å². The van der Waals surface area contributed by atoms with E-state index < -0.39 is 0 Å². The first kappa shape index (κ1) is 16.4. The molecule has 0 radical (unpaired) electrons. The predicted molar refractivity (Wildman–Crippen MR) is 111 cm³/mol. The average Bonchev–Trinajstić information content (AvgIpc) is 2.73. The second kappa shape index (κ2) is 6.23. The number of allylic oxidation sites excluding steroid dienone is 1. The van der Waals surface area contributed by atoms with E-state index in [1.165, 1.54) is 43.4 Å². The van der Waals surface area contributed by atoms with Crippen molar-refractivity contribution in [2.24, 2.45) is 28.7 Å². The Kier molecular flexibility index (Phi) is 3.65. The Balaban J connectivity index is 1.50. The molecule has 0 aromatic heterocycles. The number of hydrogen-bond donors (Lipinski definition) is 0. The first-order valence-electron chi connectivity index (χ1n) is 10.5. The maximum absolute atomic E-state index is 6.24. The summed E-state index contributed by atoms with van der Waals surface area (Å²) in [4.78, 5) is 5.13. The van der Waals surface area contributed by atoms with Gasteiger partial charge in [-0.15, -0.1) is 0 Å². The summed E-state index contributed by atoms with van der Waals surface area (Å²) in [6, 6.07) is 16.4. The smallest absolute Gasteiger partial charge is 0.227 e. The number of benzene rings is 2. The Morgan fingerprint density at radius 3 is 2.21 bits per heavy atom. The quantitative estimate of drug-likeness (QED) is 0.678. The van der Waals surface area contributed by atoms with Crippen molar-refractivity contribution in [3.8, 4) is 11.5 Å². The standard InChI is InChI=1S/C25H25NO2/c1-27-20-8-6-17(7-9-20)25-26-24(21-4-2-3-5-22(21)28-25)23-18-11-15-10-16(13-18)14-19(23)12-15/h2-9,15-16,18-19H,10-14H2,1H3. The van der Waals surface area contributed by atoms with Gasteiger partial charge in [0.1, 0.15) is 11.5 Å². The summed E-state index contributed by atoms with van der Waals surface area (Å²) in [5.41, 5.74) is 4.98. The maximum atomic E-state index is 6.24. The number of rotatable bonds is 2. The molecule has 3 heteroatoms. The molecule has 7 rings (SSSR count). The molecule has 4 bridgehead atoms. The van der Waals surface area contributed by atoms with E-state index in [1.54, 1.807) is 12.7 Å². The molecule has 0 atom stereocenters. The van der Waals surface area contributed by atoms with Gasteiger partial charge in [-0.25, -0.2) is 4.99 Å². The summed E-state index contributed by atoms with van der Waals surface area (Å²) in [6.45, 7) is 0. The molecule has 1 heterocycles. The normalized spacial score (nSPS) is 30.0. The summed E-state index contributed by atoms with van der Waals surface area (Å²) in [6.07, 6.45) is 6.92. The van der Waals surface area contributed by atoms with Crippen molar-refractivity contribution in [1.82, 2.24) is 0 Å². The van der Waals surface area contributed by atoms with Crippen molar-refractivity contribution in [2.45, 2.75) is 32.1 Å². The highest BCUT2D eigenvalue weighted by Crippen LogP contribution is 2.58. The van der Waals surface area contributed by atoms with Crippen molar-refractivity contribution in [3.63, 3.8) is 0 Å². The van der Waals surface area contributed by atoms with Gasteiger partial charge in [-0.3, -0.25) is 0 Å². The van der Waals surface area contributed by atoms with Gasteiger partial charge in [0.15, 0.2) is 0 Å². The van der Waals surface area contributed by atoms with Crippen LogP contribution in [0.5, 0.6) is 11.5 Å². The second-order valence-electron chi connectivity index (χ2n) is 8.85. The molecule has 3 nitrogen and oxygen atoms in total. The van der Waals surface area contributed by atoms with Crippen LogP contribution in [0.15, 0.2) is 59.1 Å². The third-order valence-electron chi connectivity index (χ3n) is 7.19. The van der Waals surface area contributed by atoms with Gasteiger partial charge in [0.2, 0.25) is 5.90 Å². The van der Waals surface area contributed by atoms with Gasteiger partial charge in [-0.05, 0) is 97.7 Å². The Hall–Kier alpha value is -2.55. The topological polar surface area (TPSA) is 30.8 Å². The van der Waals surface area contributed by atoms with Crippen LogP contribution in [0.4, 0.5) is 0 Å². The zero-order valence-electron chi connectivity index (χ0n) is 16.2. The van der Waals surface area contributed by atoms with Crippen molar-refractivity contribution >= 4 is 11.6 Å². The lowest BCUT2D eigenvalue weighted by Crippen LogP contribution is -2.41. The molecule has 28 heavy (non-hydrogen) atoms. The highest BCUT2D eigenvalue weighted by atomic mass is 16.5. The molecule has 0 amide bonds. The molecule has 142 valence electrons. The number of methoxy groups -OCH3 is 1. The van der Waals surface area contributed by atoms with E-state index in [1.807, 2.05) is 24.3 Å². The van der Waals surface area contributed by atoms with Crippen LogP contribution in [0.3, 0.4) is 0 Å². The van der Waals surface area contributed by atoms with Crippen LogP contribution in [-0.4, -0.2) is 13.0 Å². The summed E-state index contributed by atoms with van der Waals surface area (Å²) >= 11 is 0. The Morgan fingerprint density at radius 2 is 1.54 bits per heavy atom. The number of para-hydroxylation sites is 1. The monoisotopic (exact) mass is 371 g/mol. The van der Waals surface area contributed by atoms with Gasteiger partial charge in [0.25, 0.3) is 0 Å². The lowest BCUT2D eigenvalue weighted by Gasteiger charge is -2.52. The number of ether oxygens (including phenoxy) is 2. The lowest BCUT2D eigenvalue weighted by atomic mass is 9.53. The van der Waals surface area contributed by atoms with E-state index in [9.17, 15) is 0 Å². The Labute approximate surface area is 166 Å². The molecular formula is C25H25NO2. The van der Waals surface area contributed by atoms with Gasteiger partial charge in [0.05, 0.1) is 12.8 Å². The van der Waals surface area contributed by atoms with Gasteiger partial charge in [-0.1, -0.05) is 12.1 Å². The third kappa shape index (κ3) is 2.52. The highest BCUT2D eigenvalue weighted by Gasteiger charge is 2.47. The van der Waals surface area contributed by atoms with E-state index in [-0.39, 0.29) is 0 Å². The summed E-state index contributed by atoms with van der Waals surface area (Å²) in [7, 11) is 1.69. The fourth-order valence-corrected chi connectivity index (χ4v) is 6.20. The van der Waals surface area contributed by atoms with Crippen LogP contribution in [0.1, 0.15) is 43.2 Å². The molecule has 0 spiro atoms. The molecule has 0 saturated heterocycles. The molecule has 4 fully saturated rings. The summed E-state index contributed by atoms with van der Waals surface area (Å²) in [5.74, 6) is 5.83. The molecule has 5 aliphatic rings. The Morgan fingerprint density at radius 1 is 0.857 bits per heavy atom. The van der Waals surface area contributed by atoms with E-state index in [0.717, 1.165) is 40.7 Å². The number of hydrogen-bond acceptors (Lipinski definition) is 3. The molecule has 0 N–H and O–H groups in total. The molecule has 4 aliphatic carbocycles. The van der Waals surface area contributed by atoms with Crippen LogP contribution < -0.4 is 9.47 Å². The first-order valence-corrected chi connectivity index (χ1v) is 10.5. The van der Waals surface area contributed by atoms with E-state index in [0.29, 0.717) is 5.90 Å². The van der Waals surface area contributed by atoms with Gasteiger partial charge in [0, 0.05) is 11.1 Å². The van der Waals surface area contributed by atoms with E-state index in [2.05, 4.69) is 24.3 Å². The third-order valence-corrected chi connectivity index (χ3v) is 7.19. The van der Waals surface area contributed by atoms with Crippen LogP contribution >= 0.6 is 0 Å². The van der Waals surface area contributed by atoms with Gasteiger partial charge < -0.3 is 9.47 Å². The lowest BCUT2D eigenvalue weighted by molar-refractivity contribution is 0.0703. The van der Waals surface area contributed by atoms with Crippen molar-refractivity contribution in [1.29, 1.82) is 0 Å². The van der Waals surface area contributed by atoms with Gasteiger partial charge in [-0.2, -0.15) is 0 Å². The number of fused-ring (bicyclic) bond motifs is 1. The van der Waals surface area contributed by atoms with Crippen molar-refractivity contribution in [3.05, 3.63) is 65.2 Å². The zero-order chi connectivity index (χ0) is 18.7. The molecule has 1 aliphatic heterocycles. The van der Waals surface area contributed by atoms with Crippen molar-refractivity contribution < 1.29 is 9.47 Å². The number of nitrogens with zero attached hydrogens (tertiary/aromatic N) is 1. The molecule has 4 saturated carbocycles.